The largest absolute Gasteiger partial charge is 0.320 e. The Morgan fingerprint density at radius 1 is 1.71 bits per heavy atom. The first-order valence-electron chi connectivity index (χ1n) is 4.42. The topological polar surface area (TPSA) is 48.2 Å². The van der Waals surface area contributed by atoms with Gasteiger partial charge in [-0.25, -0.2) is 4.99 Å². The Kier molecular flexibility index (Phi) is 3.21. The van der Waals surface area contributed by atoms with Gasteiger partial charge in [0, 0.05) is 5.25 Å². The van der Waals surface area contributed by atoms with Gasteiger partial charge >= 0.3 is 0 Å². The van der Waals surface area contributed by atoms with Crippen LogP contribution in [0.2, 0.25) is 0 Å². The second-order valence-electron chi connectivity index (χ2n) is 3.02. The molecule has 14 heavy (non-hydrogen) atoms. The summed E-state index contributed by atoms with van der Waals surface area (Å²) in [5.41, 5.74) is 0. The first kappa shape index (κ1) is 9.73. The minimum atomic E-state index is 0.323. The number of amidine groups is 1. The van der Waals surface area contributed by atoms with Crippen molar-refractivity contribution in [1.29, 1.82) is 5.41 Å². The summed E-state index contributed by atoms with van der Waals surface area (Å²) in [6.07, 6.45) is 4.20. The highest BCUT2D eigenvalue weighted by atomic mass is 32.2. The molecule has 1 fully saturated rings. The predicted molar refractivity (Wildman–Crippen MR) is 63.4 cm³/mol. The zero-order valence-electron chi connectivity index (χ0n) is 7.56. The van der Waals surface area contributed by atoms with Gasteiger partial charge < -0.3 is 4.72 Å². The van der Waals surface area contributed by atoms with E-state index in [1.807, 2.05) is 17.5 Å². The Balaban J connectivity index is 1.75. The molecule has 3 nitrogen and oxygen atoms in total. The minimum Gasteiger partial charge on any atom is -0.320 e. The van der Waals surface area contributed by atoms with Gasteiger partial charge in [-0.2, -0.15) is 0 Å². The minimum absolute atomic E-state index is 0.323. The summed E-state index contributed by atoms with van der Waals surface area (Å²) in [6.45, 7) is 0. The number of hydrogen-bond acceptors (Lipinski definition) is 3. The monoisotopic (exact) mass is 225 g/mol. The van der Waals surface area contributed by atoms with E-state index in [0.717, 1.165) is 10.1 Å². The maximum absolute atomic E-state index is 7.61. The van der Waals surface area contributed by atoms with Crippen molar-refractivity contribution < 1.29 is 0 Å². The Bertz CT molecular complexity index is 328. The molecule has 0 atom stereocenters. The Hall–Kier alpha value is -0.810. The lowest BCUT2D eigenvalue weighted by Gasteiger charge is -1.95. The van der Waals surface area contributed by atoms with Crippen LogP contribution >= 0.6 is 23.3 Å². The molecule has 0 aliphatic heterocycles. The first-order chi connectivity index (χ1) is 6.86. The second-order valence-corrected chi connectivity index (χ2v) is 5.10. The molecule has 1 aromatic heterocycles. The SMILES string of the molecule is N=C(/N=C\NSC1CC1)c1cccs1. The summed E-state index contributed by atoms with van der Waals surface area (Å²) in [5, 5.41) is 10.3. The van der Waals surface area contributed by atoms with E-state index in [1.54, 1.807) is 18.3 Å². The molecule has 1 aromatic rings. The fraction of sp³-hybridized carbons (Fsp3) is 0.333. The summed E-state index contributed by atoms with van der Waals surface area (Å²) >= 11 is 3.22. The molecule has 2 N–H and O–H groups in total. The summed E-state index contributed by atoms with van der Waals surface area (Å²) in [4.78, 5) is 4.91. The fourth-order valence-electron chi connectivity index (χ4n) is 0.880. The average molecular weight is 225 g/mol. The van der Waals surface area contributed by atoms with Gasteiger partial charge in [0.25, 0.3) is 0 Å². The predicted octanol–water partition coefficient (Wildman–Crippen LogP) is 2.50. The highest BCUT2D eigenvalue weighted by molar-refractivity contribution is 7.98. The summed E-state index contributed by atoms with van der Waals surface area (Å²) < 4.78 is 3.03. The molecule has 1 heterocycles. The maximum atomic E-state index is 7.61. The van der Waals surface area contributed by atoms with Gasteiger partial charge in [-0.15, -0.1) is 11.3 Å². The van der Waals surface area contributed by atoms with Crippen LogP contribution in [0, 0.1) is 5.41 Å². The van der Waals surface area contributed by atoms with E-state index in [-0.39, 0.29) is 0 Å². The van der Waals surface area contributed by atoms with Gasteiger partial charge in [0.1, 0.15) is 6.34 Å². The lowest BCUT2D eigenvalue weighted by Crippen LogP contribution is -2.03. The number of hydrogen-bond donors (Lipinski definition) is 2. The quantitative estimate of drug-likeness (QED) is 0.470. The lowest BCUT2D eigenvalue weighted by molar-refractivity contribution is 1.41. The number of nitrogens with one attached hydrogen (secondary N) is 2. The van der Waals surface area contributed by atoms with Crippen LogP contribution in [-0.2, 0) is 0 Å². The van der Waals surface area contributed by atoms with Gasteiger partial charge in [0.05, 0.1) is 4.88 Å². The zero-order chi connectivity index (χ0) is 9.80. The van der Waals surface area contributed by atoms with Gasteiger partial charge in [-0.1, -0.05) is 6.07 Å². The van der Waals surface area contributed by atoms with Crippen LogP contribution in [0.1, 0.15) is 17.7 Å². The Labute approximate surface area is 91.3 Å². The smallest absolute Gasteiger partial charge is 0.163 e. The van der Waals surface area contributed by atoms with Crippen LogP contribution in [0.4, 0.5) is 0 Å². The molecule has 2 rings (SSSR count). The molecule has 1 aliphatic rings. The maximum Gasteiger partial charge on any atom is 0.163 e. The normalized spacial score (nSPS) is 16.0. The summed E-state index contributed by atoms with van der Waals surface area (Å²) in [5.74, 6) is 0.323. The van der Waals surface area contributed by atoms with Crippen molar-refractivity contribution in [1.82, 2.24) is 4.72 Å². The fourth-order valence-corrected chi connectivity index (χ4v) is 2.18. The molecular formula is C9H11N3S2. The molecule has 0 amide bonds. The van der Waals surface area contributed by atoms with E-state index >= 15 is 0 Å². The van der Waals surface area contributed by atoms with Crippen molar-refractivity contribution in [3.63, 3.8) is 0 Å². The van der Waals surface area contributed by atoms with Crippen LogP contribution in [0.25, 0.3) is 0 Å². The highest BCUT2D eigenvalue weighted by Crippen LogP contribution is 2.31. The summed E-state index contributed by atoms with van der Waals surface area (Å²) in [7, 11) is 0. The van der Waals surface area contributed by atoms with E-state index in [9.17, 15) is 0 Å². The second kappa shape index (κ2) is 4.61. The molecule has 0 spiro atoms. The lowest BCUT2D eigenvalue weighted by atomic mass is 10.4. The van der Waals surface area contributed by atoms with Crippen LogP contribution in [0.5, 0.6) is 0 Å². The van der Waals surface area contributed by atoms with Crippen LogP contribution in [-0.4, -0.2) is 17.4 Å². The van der Waals surface area contributed by atoms with E-state index in [1.165, 1.54) is 24.2 Å². The standard InChI is InChI=1S/C9H11N3S2/c10-9(8-2-1-5-13-8)11-6-12-14-7-3-4-7/h1-2,5-7H,3-4H2,(H2,10,11,12). The third-order valence-electron chi connectivity index (χ3n) is 1.76. The molecular weight excluding hydrogens is 214 g/mol. The van der Waals surface area contributed by atoms with Crippen molar-refractivity contribution in [2.45, 2.75) is 18.1 Å². The molecule has 0 bridgehead atoms. The van der Waals surface area contributed by atoms with Gasteiger partial charge in [0.15, 0.2) is 5.84 Å². The van der Waals surface area contributed by atoms with Crippen LogP contribution < -0.4 is 4.72 Å². The molecule has 0 aromatic carbocycles. The van der Waals surface area contributed by atoms with Crippen molar-refractivity contribution in [3.8, 4) is 0 Å². The Morgan fingerprint density at radius 3 is 3.21 bits per heavy atom. The van der Waals surface area contributed by atoms with E-state index in [4.69, 9.17) is 5.41 Å². The van der Waals surface area contributed by atoms with E-state index < -0.39 is 0 Å². The Morgan fingerprint density at radius 2 is 2.57 bits per heavy atom. The van der Waals surface area contributed by atoms with Crippen molar-refractivity contribution in [2.75, 3.05) is 0 Å². The van der Waals surface area contributed by atoms with E-state index in [2.05, 4.69) is 9.71 Å². The number of nitrogens with zero attached hydrogens (tertiary/aromatic N) is 1. The molecule has 0 saturated heterocycles. The van der Waals surface area contributed by atoms with Crippen LogP contribution in [0.15, 0.2) is 22.5 Å². The molecule has 1 aliphatic carbocycles. The number of thiophene rings is 1. The van der Waals surface area contributed by atoms with Gasteiger partial charge in [-0.05, 0) is 36.2 Å². The molecule has 74 valence electrons. The highest BCUT2D eigenvalue weighted by Gasteiger charge is 2.21. The third-order valence-corrected chi connectivity index (χ3v) is 3.68. The molecule has 0 unspecified atom stereocenters. The number of rotatable bonds is 4. The van der Waals surface area contributed by atoms with Crippen molar-refractivity contribution in [3.05, 3.63) is 22.4 Å². The van der Waals surface area contributed by atoms with Gasteiger partial charge in [0.2, 0.25) is 0 Å². The van der Waals surface area contributed by atoms with Gasteiger partial charge in [-0.3, -0.25) is 5.41 Å². The van der Waals surface area contributed by atoms with Crippen molar-refractivity contribution >= 4 is 35.5 Å². The summed E-state index contributed by atoms with van der Waals surface area (Å²) in [6, 6.07) is 3.83. The molecule has 5 heteroatoms. The first-order valence-corrected chi connectivity index (χ1v) is 6.18. The molecule has 1 saturated carbocycles. The van der Waals surface area contributed by atoms with Crippen molar-refractivity contribution in [2.24, 2.45) is 4.99 Å². The average Bonchev–Trinajstić information content (AvgIpc) is 2.84. The molecule has 0 radical (unpaired) electrons. The zero-order valence-corrected chi connectivity index (χ0v) is 9.20. The number of aliphatic imine (C=N–C) groups is 1. The van der Waals surface area contributed by atoms with E-state index in [0.29, 0.717) is 5.84 Å². The van der Waals surface area contributed by atoms with Crippen LogP contribution in [0.3, 0.4) is 0 Å². The third kappa shape index (κ3) is 2.85.